The number of piperidine rings is 1. The largest absolute Gasteiger partial charge is 0.298 e. The molecule has 2 rings (SSSR count). The number of carbonyl (C=O) groups excluding carboxylic acids is 1. The summed E-state index contributed by atoms with van der Waals surface area (Å²) in [6, 6.07) is 1.40. The Bertz CT molecular complexity index is 278. The first-order chi connectivity index (χ1) is 7.85. The van der Waals surface area contributed by atoms with Crippen LogP contribution in [-0.2, 0) is 4.79 Å². The van der Waals surface area contributed by atoms with Gasteiger partial charge in [-0.15, -0.1) is 0 Å². The van der Waals surface area contributed by atoms with Gasteiger partial charge >= 0.3 is 0 Å². The summed E-state index contributed by atoms with van der Waals surface area (Å²) in [5, 5.41) is 0. The van der Waals surface area contributed by atoms with E-state index in [9.17, 15) is 4.79 Å². The highest BCUT2D eigenvalue weighted by atomic mass is 16.1. The molecule has 2 heteroatoms. The van der Waals surface area contributed by atoms with Gasteiger partial charge in [-0.3, -0.25) is 9.69 Å². The minimum absolute atomic E-state index is 0.138. The van der Waals surface area contributed by atoms with Gasteiger partial charge < -0.3 is 0 Å². The van der Waals surface area contributed by atoms with Gasteiger partial charge in [0.2, 0.25) is 0 Å². The molecule has 2 atom stereocenters. The summed E-state index contributed by atoms with van der Waals surface area (Å²) < 4.78 is 0. The summed E-state index contributed by atoms with van der Waals surface area (Å²) in [6.07, 6.45) is 5.96. The molecule has 0 spiro atoms. The predicted octanol–water partition coefficient (Wildman–Crippen LogP) is 3.25. The molecule has 2 aliphatic heterocycles. The standard InChI is InChI=1S/C15H27NO/c1-11-7-12-5-6-13(8-11)16(12)10-14(17)9-15(2,3)4/h11-13H,5-10H2,1-4H3. The summed E-state index contributed by atoms with van der Waals surface area (Å²) >= 11 is 0. The van der Waals surface area contributed by atoms with Crippen molar-refractivity contribution in [3.8, 4) is 0 Å². The molecule has 0 amide bonds. The SMILES string of the molecule is CC1CC2CCC(C1)N2CC(=O)CC(C)(C)C. The number of Topliss-reactive ketones (excluding diaryl/α,β-unsaturated/α-hetero) is 1. The smallest absolute Gasteiger partial charge is 0.147 e. The van der Waals surface area contributed by atoms with Gasteiger partial charge in [-0.1, -0.05) is 27.7 Å². The Labute approximate surface area is 106 Å². The summed E-state index contributed by atoms with van der Waals surface area (Å²) in [7, 11) is 0. The van der Waals surface area contributed by atoms with E-state index in [2.05, 4.69) is 32.6 Å². The third-order valence-corrected chi connectivity index (χ3v) is 4.21. The summed E-state index contributed by atoms with van der Waals surface area (Å²) in [5.74, 6) is 1.30. The topological polar surface area (TPSA) is 20.3 Å². The van der Waals surface area contributed by atoms with Gasteiger partial charge in [0.15, 0.2) is 0 Å². The summed E-state index contributed by atoms with van der Waals surface area (Å²) in [5.41, 5.74) is 0.138. The molecule has 17 heavy (non-hydrogen) atoms. The molecule has 2 bridgehead atoms. The zero-order valence-electron chi connectivity index (χ0n) is 11.8. The fourth-order valence-corrected chi connectivity index (χ4v) is 3.66. The molecule has 0 N–H and O–H groups in total. The van der Waals surface area contributed by atoms with Crippen LogP contribution in [0.2, 0.25) is 0 Å². The average Bonchev–Trinajstić information content (AvgIpc) is 2.42. The molecule has 98 valence electrons. The predicted molar refractivity (Wildman–Crippen MR) is 71.0 cm³/mol. The fourth-order valence-electron chi connectivity index (χ4n) is 3.66. The van der Waals surface area contributed by atoms with Gasteiger partial charge in [-0.05, 0) is 37.0 Å². The Morgan fingerprint density at radius 1 is 1.18 bits per heavy atom. The van der Waals surface area contributed by atoms with Crippen LogP contribution in [0.25, 0.3) is 0 Å². The molecule has 2 saturated heterocycles. The van der Waals surface area contributed by atoms with E-state index in [1.54, 1.807) is 0 Å². The van der Waals surface area contributed by atoms with Crippen molar-refractivity contribution in [2.24, 2.45) is 11.3 Å². The van der Waals surface area contributed by atoms with Gasteiger partial charge in [0.25, 0.3) is 0 Å². The molecule has 0 saturated carbocycles. The van der Waals surface area contributed by atoms with Crippen LogP contribution in [0.4, 0.5) is 0 Å². The quantitative estimate of drug-likeness (QED) is 0.751. The number of ketones is 1. The Balaban J connectivity index is 1.90. The Morgan fingerprint density at radius 3 is 2.18 bits per heavy atom. The maximum Gasteiger partial charge on any atom is 0.147 e. The van der Waals surface area contributed by atoms with Crippen LogP contribution in [0.3, 0.4) is 0 Å². The minimum atomic E-state index is 0.138. The van der Waals surface area contributed by atoms with Gasteiger partial charge in [-0.25, -0.2) is 0 Å². The molecule has 2 aliphatic rings. The lowest BCUT2D eigenvalue weighted by molar-refractivity contribution is -0.123. The lowest BCUT2D eigenvalue weighted by atomic mass is 9.88. The second-order valence-corrected chi connectivity index (χ2v) is 7.41. The molecule has 2 heterocycles. The maximum atomic E-state index is 12.1. The zero-order valence-corrected chi connectivity index (χ0v) is 11.8. The van der Waals surface area contributed by atoms with Crippen molar-refractivity contribution in [3.05, 3.63) is 0 Å². The Kier molecular flexibility index (Phi) is 3.63. The molecule has 2 unspecified atom stereocenters. The van der Waals surface area contributed by atoms with Crippen LogP contribution < -0.4 is 0 Å². The van der Waals surface area contributed by atoms with Crippen molar-refractivity contribution >= 4 is 5.78 Å². The van der Waals surface area contributed by atoms with Crippen LogP contribution in [0.15, 0.2) is 0 Å². The second kappa shape index (κ2) is 4.72. The van der Waals surface area contributed by atoms with Gasteiger partial charge in [0.05, 0.1) is 6.54 Å². The van der Waals surface area contributed by atoms with Gasteiger partial charge in [0, 0.05) is 18.5 Å². The van der Waals surface area contributed by atoms with E-state index in [1.165, 1.54) is 25.7 Å². The lowest BCUT2D eigenvalue weighted by Gasteiger charge is -2.37. The molecule has 0 aromatic carbocycles. The summed E-state index contributed by atoms with van der Waals surface area (Å²) in [4.78, 5) is 14.6. The third-order valence-electron chi connectivity index (χ3n) is 4.21. The monoisotopic (exact) mass is 237 g/mol. The number of hydrogen-bond donors (Lipinski definition) is 0. The average molecular weight is 237 g/mol. The maximum absolute atomic E-state index is 12.1. The molecular weight excluding hydrogens is 210 g/mol. The van der Waals surface area contributed by atoms with Crippen molar-refractivity contribution in [2.75, 3.05) is 6.54 Å². The van der Waals surface area contributed by atoms with Crippen LogP contribution >= 0.6 is 0 Å². The van der Waals surface area contributed by atoms with E-state index >= 15 is 0 Å². The number of carbonyl (C=O) groups is 1. The van der Waals surface area contributed by atoms with E-state index < -0.39 is 0 Å². The van der Waals surface area contributed by atoms with Crippen LogP contribution in [0, 0.1) is 11.3 Å². The number of fused-ring (bicyclic) bond motifs is 2. The van der Waals surface area contributed by atoms with Crippen LogP contribution in [0.5, 0.6) is 0 Å². The van der Waals surface area contributed by atoms with Crippen molar-refractivity contribution in [1.29, 1.82) is 0 Å². The van der Waals surface area contributed by atoms with Crippen molar-refractivity contribution in [3.63, 3.8) is 0 Å². The van der Waals surface area contributed by atoms with E-state index in [1.807, 2.05) is 0 Å². The normalized spacial score (nSPS) is 34.0. The molecule has 0 aliphatic carbocycles. The van der Waals surface area contributed by atoms with E-state index in [-0.39, 0.29) is 5.41 Å². The molecular formula is C15H27NO. The molecule has 2 fully saturated rings. The number of rotatable bonds is 3. The number of nitrogens with zero attached hydrogens (tertiary/aromatic N) is 1. The highest BCUT2D eigenvalue weighted by Gasteiger charge is 2.39. The molecule has 0 aromatic heterocycles. The Morgan fingerprint density at radius 2 is 1.71 bits per heavy atom. The van der Waals surface area contributed by atoms with Crippen LogP contribution in [-0.4, -0.2) is 29.3 Å². The van der Waals surface area contributed by atoms with Gasteiger partial charge in [-0.2, -0.15) is 0 Å². The van der Waals surface area contributed by atoms with E-state index in [0.29, 0.717) is 24.4 Å². The third kappa shape index (κ3) is 3.31. The molecule has 0 radical (unpaired) electrons. The first-order valence-corrected chi connectivity index (χ1v) is 7.12. The minimum Gasteiger partial charge on any atom is -0.298 e. The summed E-state index contributed by atoms with van der Waals surface area (Å²) in [6.45, 7) is 9.52. The highest BCUT2D eigenvalue weighted by molar-refractivity contribution is 5.81. The van der Waals surface area contributed by atoms with Crippen molar-refractivity contribution in [1.82, 2.24) is 4.90 Å². The van der Waals surface area contributed by atoms with Crippen molar-refractivity contribution < 1.29 is 4.79 Å². The van der Waals surface area contributed by atoms with Crippen molar-refractivity contribution in [2.45, 2.75) is 71.9 Å². The molecule has 2 nitrogen and oxygen atoms in total. The second-order valence-electron chi connectivity index (χ2n) is 7.41. The van der Waals surface area contributed by atoms with E-state index in [4.69, 9.17) is 0 Å². The van der Waals surface area contributed by atoms with E-state index in [0.717, 1.165) is 12.3 Å². The molecule has 0 aromatic rings. The lowest BCUT2D eigenvalue weighted by Crippen LogP contribution is -2.45. The van der Waals surface area contributed by atoms with Gasteiger partial charge in [0.1, 0.15) is 5.78 Å². The zero-order chi connectivity index (χ0) is 12.6. The first-order valence-electron chi connectivity index (χ1n) is 7.12. The highest BCUT2D eigenvalue weighted by Crippen LogP contribution is 2.38. The number of hydrogen-bond acceptors (Lipinski definition) is 2. The fraction of sp³-hybridized carbons (Fsp3) is 0.933. The Hall–Kier alpha value is -0.370. The first kappa shape index (κ1) is 13.1. The van der Waals surface area contributed by atoms with Crippen LogP contribution in [0.1, 0.15) is 59.8 Å².